The van der Waals surface area contributed by atoms with Crippen molar-refractivity contribution in [2.75, 3.05) is 0 Å². The molecule has 3 heteroatoms. The fourth-order valence-electron chi connectivity index (χ4n) is 1.54. The van der Waals surface area contributed by atoms with E-state index in [2.05, 4.69) is 6.07 Å². The van der Waals surface area contributed by atoms with Crippen LogP contribution in [0.25, 0.3) is 9.65 Å². The van der Waals surface area contributed by atoms with Gasteiger partial charge in [0.1, 0.15) is 0 Å². The molecule has 0 aliphatic carbocycles. The summed E-state index contributed by atoms with van der Waals surface area (Å²) in [6.45, 7) is 3.93. The van der Waals surface area contributed by atoms with Gasteiger partial charge in [-0.1, -0.05) is 0 Å². The van der Waals surface area contributed by atoms with Gasteiger partial charge in [-0.3, -0.25) is 0 Å². The Morgan fingerprint density at radius 1 is 1.36 bits per heavy atom. The Bertz CT molecular complexity index is 511. The van der Waals surface area contributed by atoms with Crippen molar-refractivity contribution >= 4 is 30.1 Å². The molecular formula is C11H10O2Se. The zero-order valence-electron chi connectivity index (χ0n) is 8.00. The zero-order valence-corrected chi connectivity index (χ0v) is 9.71. The van der Waals surface area contributed by atoms with Crippen molar-refractivity contribution in [3.05, 3.63) is 33.8 Å². The van der Waals surface area contributed by atoms with Gasteiger partial charge < -0.3 is 0 Å². The molecule has 14 heavy (non-hydrogen) atoms. The molecule has 1 heterocycles. The molecule has 0 saturated heterocycles. The summed E-state index contributed by atoms with van der Waals surface area (Å²) < 4.78 is 1.79. The molecule has 0 unspecified atom stereocenters. The first kappa shape index (κ1) is 9.50. The molecule has 0 aliphatic heterocycles. The predicted octanol–water partition coefficient (Wildman–Crippen LogP) is 2.21. The molecule has 2 rings (SSSR count). The third-order valence-corrected chi connectivity index (χ3v) is 4.93. The molecule has 0 radical (unpaired) electrons. The van der Waals surface area contributed by atoms with Gasteiger partial charge in [-0.15, -0.1) is 0 Å². The molecule has 0 spiro atoms. The van der Waals surface area contributed by atoms with Crippen LogP contribution in [0.1, 0.15) is 20.4 Å². The van der Waals surface area contributed by atoms with Crippen LogP contribution in [-0.4, -0.2) is 25.6 Å². The summed E-state index contributed by atoms with van der Waals surface area (Å²) in [5.74, 6) is -0.767. The Morgan fingerprint density at radius 2 is 2.07 bits per heavy atom. The minimum absolute atomic E-state index is 0.0149. The van der Waals surface area contributed by atoms with Crippen LogP contribution >= 0.6 is 0 Å². The molecule has 72 valence electrons. The molecule has 1 aromatic heterocycles. The number of carboxylic acid groups (broad SMARTS) is 1. The number of rotatable bonds is 1. The first-order valence-electron chi connectivity index (χ1n) is 4.32. The summed E-state index contributed by atoms with van der Waals surface area (Å²) in [6.07, 6.45) is 0. The third kappa shape index (κ3) is 1.39. The van der Waals surface area contributed by atoms with Gasteiger partial charge in [-0.25, -0.2) is 0 Å². The fourth-order valence-corrected chi connectivity index (χ4v) is 3.70. The summed E-state index contributed by atoms with van der Waals surface area (Å²) in [6, 6.07) is 6.16. The molecule has 2 nitrogen and oxygen atoms in total. The van der Waals surface area contributed by atoms with E-state index >= 15 is 0 Å². The van der Waals surface area contributed by atoms with Gasteiger partial charge >= 0.3 is 87.6 Å². The minimum atomic E-state index is -0.767. The molecule has 0 aliphatic rings. The van der Waals surface area contributed by atoms with Crippen molar-refractivity contribution in [3.8, 4) is 0 Å². The van der Waals surface area contributed by atoms with E-state index in [1.54, 1.807) is 0 Å². The van der Waals surface area contributed by atoms with E-state index in [4.69, 9.17) is 5.11 Å². The van der Waals surface area contributed by atoms with Crippen LogP contribution in [0.5, 0.6) is 0 Å². The third-order valence-electron chi connectivity index (χ3n) is 2.29. The Kier molecular flexibility index (Phi) is 2.22. The number of carbonyl (C=O) groups is 1. The average Bonchev–Trinajstić information content (AvgIpc) is 2.44. The summed E-state index contributed by atoms with van der Waals surface area (Å²) >= 11 is -0.0149. The Balaban J connectivity index is 2.80. The van der Waals surface area contributed by atoms with E-state index in [-0.39, 0.29) is 14.5 Å². The van der Waals surface area contributed by atoms with Crippen LogP contribution in [-0.2, 0) is 0 Å². The second kappa shape index (κ2) is 3.26. The van der Waals surface area contributed by atoms with E-state index in [0.29, 0.717) is 4.44 Å². The molecule has 0 amide bonds. The second-order valence-corrected chi connectivity index (χ2v) is 5.57. The first-order chi connectivity index (χ1) is 6.59. The number of carboxylic acids is 1. The quantitative estimate of drug-likeness (QED) is 0.791. The monoisotopic (exact) mass is 254 g/mol. The van der Waals surface area contributed by atoms with Gasteiger partial charge in [0, 0.05) is 0 Å². The van der Waals surface area contributed by atoms with Crippen LogP contribution in [0, 0.1) is 13.8 Å². The fraction of sp³-hybridized carbons (Fsp3) is 0.182. The number of hydrogen-bond acceptors (Lipinski definition) is 1. The number of benzene rings is 1. The maximum absolute atomic E-state index is 10.9. The Labute approximate surface area is 87.9 Å². The number of hydrogen-bond donors (Lipinski definition) is 1. The number of aryl methyl sites for hydroxylation is 2. The normalized spacial score (nSPS) is 10.7. The van der Waals surface area contributed by atoms with E-state index in [9.17, 15) is 4.79 Å². The van der Waals surface area contributed by atoms with Crippen molar-refractivity contribution in [3.63, 3.8) is 0 Å². The molecular weight excluding hydrogens is 243 g/mol. The second-order valence-electron chi connectivity index (χ2n) is 3.36. The predicted molar refractivity (Wildman–Crippen MR) is 57.3 cm³/mol. The van der Waals surface area contributed by atoms with Gasteiger partial charge in [-0.2, -0.15) is 0 Å². The molecule has 0 fully saturated rings. The van der Waals surface area contributed by atoms with Gasteiger partial charge in [0.2, 0.25) is 0 Å². The molecule has 1 aromatic carbocycles. The van der Waals surface area contributed by atoms with Crippen LogP contribution < -0.4 is 0 Å². The van der Waals surface area contributed by atoms with Crippen molar-refractivity contribution in [1.29, 1.82) is 0 Å². The molecule has 0 saturated carbocycles. The van der Waals surface area contributed by atoms with Crippen molar-refractivity contribution in [2.45, 2.75) is 13.8 Å². The SMILES string of the molecule is Cc1ccc2[se]c(C(=O)O)c(C)c2c1. The van der Waals surface area contributed by atoms with Gasteiger partial charge in [-0.05, 0) is 0 Å². The van der Waals surface area contributed by atoms with Crippen LogP contribution in [0.2, 0.25) is 0 Å². The van der Waals surface area contributed by atoms with Crippen LogP contribution in [0.3, 0.4) is 0 Å². The number of fused-ring (bicyclic) bond motifs is 1. The zero-order chi connectivity index (χ0) is 10.3. The summed E-state index contributed by atoms with van der Waals surface area (Å²) in [5, 5.41) is 10.1. The average molecular weight is 253 g/mol. The van der Waals surface area contributed by atoms with Crippen molar-refractivity contribution < 1.29 is 9.90 Å². The maximum atomic E-state index is 10.9. The molecule has 0 bridgehead atoms. The van der Waals surface area contributed by atoms with Gasteiger partial charge in [0.15, 0.2) is 0 Å². The van der Waals surface area contributed by atoms with E-state index in [1.165, 1.54) is 9.82 Å². The van der Waals surface area contributed by atoms with Crippen LogP contribution in [0.4, 0.5) is 0 Å². The number of aromatic carboxylic acids is 1. The topological polar surface area (TPSA) is 37.3 Å². The summed E-state index contributed by atoms with van der Waals surface area (Å²) in [4.78, 5) is 10.9. The Morgan fingerprint density at radius 3 is 2.71 bits per heavy atom. The summed E-state index contributed by atoms with van der Waals surface area (Å²) in [5.41, 5.74) is 2.13. The van der Waals surface area contributed by atoms with E-state index in [1.807, 2.05) is 26.0 Å². The van der Waals surface area contributed by atoms with Crippen LogP contribution in [0.15, 0.2) is 18.2 Å². The van der Waals surface area contributed by atoms with E-state index in [0.717, 1.165) is 10.9 Å². The standard InChI is InChI=1S/C11H10O2Se/c1-6-3-4-9-8(5-6)7(2)10(14-9)11(12)13/h3-5H,1-2H3,(H,12,13). The Hall–Kier alpha value is -1.05. The van der Waals surface area contributed by atoms with Gasteiger partial charge in [0.25, 0.3) is 0 Å². The molecule has 2 aromatic rings. The first-order valence-corrected chi connectivity index (χ1v) is 6.04. The van der Waals surface area contributed by atoms with Gasteiger partial charge in [0.05, 0.1) is 0 Å². The molecule has 0 atom stereocenters. The van der Waals surface area contributed by atoms with Crippen molar-refractivity contribution in [1.82, 2.24) is 0 Å². The van der Waals surface area contributed by atoms with E-state index < -0.39 is 5.97 Å². The van der Waals surface area contributed by atoms with Crippen molar-refractivity contribution in [2.24, 2.45) is 0 Å². The summed E-state index contributed by atoms with van der Waals surface area (Å²) in [7, 11) is 0. The molecule has 1 N–H and O–H groups in total.